The standard InChI is InChI=1S/C21H20N4OS/c1-13-10-16(12-19-20(26)24(4)21(22-3)27-19)14(2)25(13)17-7-8-18-15(11-17)6-5-9-23-18/h5-12H,1-4H3/b19-12-,22-21?. The number of aliphatic imine (C=N–C) groups is 1. The highest BCUT2D eigenvalue weighted by molar-refractivity contribution is 8.18. The molecule has 1 saturated heterocycles. The van der Waals surface area contributed by atoms with E-state index in [1.165, 1.54) is 11.8 Å². The number of amidine groups is 1. The third-order valence-corrected chi connectivity index (χ3v) is 5.95. The average Bonchev–Trinajstić information content (AvgIpc) is 3.11. The van der Waals surface area contributed by atoms with E-state index < -0.39 is 0 Å². The second-order valence-electron chi connectivity index (χ2n) is 6.52. The lowest BCUT2D eigenvalue weighted by Gasteiger charge is -2.10. The van der Waals surface area contributed by atoms with Gasteiger partial charge in [-0.25, -0.2) is 0 Å². The molecule has 0 atom stereocenters. The van der Waals surface area contributed by atoms with Crippen molar-refractivity contribution in [2.75, 3.05) is 14.1 Å². The largest absolute Gasteiger partial charge is 0.318 e. The van der Waals surface area contributed by atoms with Crippen LogP contribution in [0.4, 0.5) is 0 Å². The van der Waals surface area contributed by atoms with Crippen LogP contribution in [0.2, 0.25) is 0 Å². The number of rotatable bonds is 2. The van der Waals surface area contributed by atoms with Crippen molar-refractivity contribution in [1.29, 1.82) is 0 Å². The molecule has 0 aliphatic carbocycles. The lowest BCUT2D eigenvalue weighted by atomic mass is 10.2. The number of fused-ring (bicyclic) bond motifs is 1. The van der Waals surface area contributed by atoms with Gasteiger partial charge < -0.3 is 4.57 Å². The Morgan fingerprint density at radius 2 is 2.00 bits per heavy atom. The van der Waals surface area contributed by atoms with Gasteiger partial charge in [0.2, 0.25) is 0 Å². The second kappa shape index (κ2) is 6.70. The number of benzene rings is 1. The van der Waals surface area contributed by atoms with Gasteiger partial charge in [0.15, 0.2) is 5.17 Å². The fourth-order valence-electron chi connectivity index (χ4n) is 3.42. The van der Waals surface area contributed by atoms with Crippen LogP contribution in [-0.2, 0) is 4.79 Å². The second-order valence-corrected chi connectivity index (χ2v) is 7.53. The monoisotopic (exact) mass is 376 g/mol. The molecule has 1 aliphatic heterocycles. The van der Waals surface area contributed by atoms with Gasteiger partial charge >= 0.3 is 0 Å². The summed E-state index contributed by atoms with van der Waals surface area (Å²) < 4.78 is 2.21. The molecule has 27 heavy (non-hydrogen) atoms. The predicted octanol–water partition coefficient (Wildman–Crippen LogP) is 4.17. The number of likely N-dealkylation sites (N-methyl/N-ethyl adjacent to an activating group) is 1. The number of thioether (sulfide) groups is 1. The first-order valence-electron chi connectivity index (χ1n) is 8.68. The van der Waals surface area contributed by atoms with Gasteiger partial charge in [0.1, 0.15) is 0 Å². The maximum absolute atomic E-state index is 12.4. The molecular weight excluding hydrogens is 356 g/mol. The summed E-state index contributed by atoms with van der Waals surface area (Å²) in [7, 11) is 3.46. The summed E-state index contributed by atoms with van der Waals surface area (Å²) in [6.07, 6.45) is 3.77. The fourth-order valence-corrected chi connectivity index (χ4v) is 4.34. The van der Waals surface area contributed by atoms with Crippen molar-refractivity contribution in [3.8, 4) is 5.69 Å². The topological polar surface area (TPSA) is 50.5 Å². The van der Waals surface area contributed by atoms with Crippen molar-refractivity contribution < 1.29 is 4.79 Å². The summed E-state index contributed by atoms with van der Waals surface area (Å²) in [4.78, 5) is 23.3. The molecule has 1 fully saturated rings. The summed E-state index contributed by atoms with van der Waals surface area (Å²) in [5, 5.41) is 1.83. The Balaban J connectivity index is 1.78. The zero-order chi connectivity index (χ0) is 19.1. The highest BCUT2D eigenvalue weighted by Gasteiger charge is 2.30. The number of hydrogen-bond acceptors (Lipinski definition) is 4. The molecule has 5 nitrogen and oxygen atoms in total. The number of hydrogen-bond donors (Lipinski definition) is 0. The van der Waals surface area contributed by atoms with E-state index in [9.17, 15) is 4.79 Å². The minimum Gasteiger partial charge on any atom is -0.318 e. The molecule has 1 aliphatic rings. The molecule has 0 spiro atoms. The van der Waals surface area contributed by atoms with Gasteiger partial charge in [-0.05, 0) is 67.6 Å². The van der Waals surface area contributed by atoms with E-state index in [0.29, 0.717) is 4.91 Å². The molecule has 1 amide bonds. The molecule has 0 unspecified atom stereocenters. The molecule has 0 bridgehead atoms. The van der Waals surface area contributed by atoms with Gasteiger partial charge in [0.05, 0.1) is 10.4 Å². The van der Waals surface area contributed by atoms with Gasteiger partial charge in [-0.2, -0.15) is 0 Å². The van der Waals surface area contributed by atoms with Crippen LogP contribution in [0.15, 0.2) is 52.5 Å². The fraction of sp³-hybridized carbons (Fsp3) is 0.190. The smallest absolute Gasteiger partial charge is 0.266 e. The summed E-state index contributed by atoms with van der Waals surface area (Å²) in [6.45, 7) is 4.16. The van der Waals surface area contributed by atoms with Gasteiger partial charge in [0.25, 0.3) is 5.91 Å². The van der Waals surface area contributed by atoms with Gasteiger partial charge in [-0.15, -0.1) is 0 Å². The van der Waals surface area contributed by atoms with Crippen LogP contribution in [-0.4, -0.2) is 39.6 Å². The van der Waals surface area contributed by atoms with Crippen LogP contribution >= 0.6 is 11.8 Å². The van der Waals surface area contributed by atoms with Crippen LogP contribution in [0.5, 0.6) is 0 Å². The summed E-state index contributed by atoms with van der Waals surface area (Å²) in [5.74, 6) is -0.0119. The highest BCUT2D eigenvalue weighted by Crippen LogP contribution is 2.33. The Bertz CT molecular complexity index is 1130. The van der Waals surface area contributed by atoms with Gasteiger partial charge in [-0.3, -0.25) is 19.7 Å². The number of carbonyl (C=O) groups is 1. The molecule has 3 aromatic rings. The van der Waals surface area contributed by atoms with E-state index in [0.717, 1.165) is 38.7 Å². The molecule has 3 heterocycles. The molecule has 4 rings (SSSR count). The van der Waals surface area contributed by atoms with Crippen molar-refractivity contribution >= 4 is 39.8 Å². The van der Waals surface area contributed by atoms with E-state index in [2.05, 4.69) is 52.7 Å². The maximum atomic E-state index is 12.4. The van der Waals surface area contributed by atoms with Crippen molar-refractivity contribution in [2.24, 2.45) is 4.99 Å². The average molecular weight is 376 g/mol. The molecular formula is C21H20N4OS. The normalized spacial score (nSPS) is 17.6. The van der Waals surface area contributed by atoms with Crippen LogP contribution in [0.3, 0.4) is 0 Å². The first-order valence-corrected chi connectivity index (χ1v) is 9.49. The van der Waals surface area contributed by atoms with E-state index >= 15 is 0 Å². The molecule has 0 saturated carbocycles. The Labute approximate surface area is 162 Å². The van der Waals surface area contributed by atoms with E-state index in [-0.39, 0.29) is 5.91 Å². The third-order valence-electron chi connectivity index (χ3n) is 4.80. The Hall–Kier alpha value is -2.86. The van der Waals surface area contributed by atoms with Crippen LogP contribution in [0.1, 0.15) is 17.0 Å². The SMILES string of the molecule is CN=C1S/C(=C\c2cc(C)n(-c3ccc4ncccc4c3)c2C)C(=O)N1C. The summed E-state index contributed by atoms with van der Waals surface area (Å²) >= 11 is 1.41. The van der Waals surface area contributed by atoms with E-state index in [1.54, 1.807) is 25.2 Å². The quantitative estimate of drug-likeness (QED) is 0.631. The lowest BCUT2D eigenvalue weighted by molar-refractivity contribution is -0.121. The number of pyridine rings is 1. The van der Waals surface area contributed by atoms with Crippen LogP contribution < -0.4 is 0 Å². The zero-order valence-electron chi connectivity index (χ0n) is 15.7. The molecule has 0 N–H and O–H groups in total. The van der Waals surface area contributed by atoms with Crippen molar-refractivity contribution in [1.82, 2.24) is 14.5 Å². The Morgan fingerprint density at radius 3 is 2.74 bits per heavy atom. The minimum atomic E-state index is -0.0119. The number of aromatic nitrogens is 2. The Morgan fingerprint density at radius 1 is 1.19 bits per heavy atom. The van der Waals surface area contributed by atoms with Crippen molar-refractivity contribution in [3.05, 3.63) is 64.5 Å². The number of aryl methyl sites for hydroxylation is 1. The third kappa shape index (κ3) is 2.96. The number of nitrogens with zero attached hydrogens (tertiary/aromatic N) is 4. The highest BCUT2D eigenvalue weighted by atomic mass is 32.2. The molecule has 0 radical (unpaired) electrons. The van der Waals surface area contributed by atoms with E-state index in [4.69, 9.17) is 0 Å². The van der Waals surface area contributed by atoms with Crippen LogP contribution in [0, 0.1) is 13.8 Å². The predicted molar refractivity (Wildman–Crippen MR) is 112 cm³/mol. The summed E-state index contributed by atoms with van der Waals surface area (Å²) in [6, 6.07) is 12.4. The maximum Gasteiger partial charge on any atom is 0.266 e. The first-order chi connectivity index (χ1) is 13.0. The number of carbonyl (C=O) groups excluding carboxylic acids is 1. The lowest BCUT2D eigenvalue weighted by Crippen LogP contribution is -2.23. The Kier molecular flexibility index (Phi) is 4.36. The molecule has 136 valence electrons. The minimum absolute atomic E-state index is 0.0119. The van der Waals surface area contributed by atoms with Crippen LogP contribution in [0.25, 0.3) is 22.7 Å². The molecule has 1 aromatic carbocycles. The summed E-state index contributed by atoms with van der Waals surface area (Å²) in [5.41, 5.74) is 5.33. The zero-order valence-corrected chi connectivity index (χ0v) is 16.5. The van der Waals surface area contributed by atoms with Gasteiger partial charge in [-0.1, -0.05) is 6.07 Å². The number of amides is 1. The molecule has 2 aromatic heterocycles. The molecule has 6 heteroatoms. The van der Waals surface area contributed by atoms with E-state index in [1.807, 2.05) is 18.2 Å². The van der Waals surface area contributed by atoms with Crippen molar-refractivity contribution in [2.45, 2.75) is 13.8 Å². The first kappa shape index (κ1) is 17.5. The van der Waals surface area contributed by atoms with Crippen molar-refractivity contribution in [3.63, 3.8) is 0 Å². The van der Waals surface area contributed by atoms with Gasteiger partial charge in [0, 0.05) is 42.8 Å².